The average Bonchev–Trinajstić information content (AvgIpc) is 3.38. The first-order chi connectivity index (χ1) is 14.1. The van der Waals surface area contributed by atoms with Crippen LogP contribution in [-0.4, -0.2) is 64.2 Å². The number of piperazine rings is 1. The molecular formula is C20H22N4O2S3. The number of aromatic nitrogens is 2. The molecule has 1 saturated heterocycles. The van der Waals surface area contributed by atoms with Gasteiger partial charge in [0.25, 0.3) is 5.56 Å². The normalized spacial score (nSPS) is 15.1. The van der Waals surface area contributed by atoms with Crippen LogP contribution in [0.4, 0.5) is 0 Å². The minimum absolute atomic E-state index is 0.0749. The van der Waals surface area contributed by atoms with Crippen molar-refractivity contribution < 1.29 is 4.79 Å². The zero-order valence-electron chi connectivity index (χ0n) is 16.2. The fourth-order valence-corrected chi connectivity index (χ4v) is 6.01. The second-order valence-corrected chi connectivity index (χ2v) is 9.63. The molecule has 0 N–H and O–H groups in total. The zero-order valence-corrected chi connectivity index (χ0v) is 18.6. The quantitative estimate of drug-likeness (QED) is 0.331. The van der Waals surface area contributed by atoms with E-state index in [-0.39, 0.29) is 17.2 Å². The Hall–Kier alpha value is -1.94. The lowest BCUT2D eigenvalue weighted by atomic mass is 10.2. The van der Waals surface area contributed by atoms with Gasteiger partial charge in [-0.15, -0.1) is 29.3 Å². The van der Waals surface area contributed by atoms with E-state index in [0.717, 1.165) is 36.6 Å². The van der Waals surface area contributed by atoms with Gasteiger partial charge < -0.3 is 9.80 Å². The highest BCUT2D eigenvalue weighted by molar-refractivity contribution is 7.99. The standard InChI is InChI=1S/C20H22N4O2S3/c1-3-6-24-19(26)17-14(15-5-4-11-27-15)12-28-18(17)21-20(24)29-13-16(25)23-9-7-22(2)8-10-23/h3-5,11-12H,1,6-10,13H2,2H3. The van der Waals surface area contributed by atoms with Crippen LogP contribution in [0.15, 0.2) is 45.5 Å². The van der Waals surface area contributed by atoms with Gasteiger partial charge >= 0.3 is 0 Å². The van der Waals surface area contributed by atoms with Gasteiger partial charge in [0.1, 0.15) is 4.83 Å². The number of hydrogen-bond donors (Lipinski definition) is 0. The Balaban J connectivity index is 1.62. The molecule has 0 aliphatic carbocycles. The molecule has 152 valence electrons. The summed E-state index contributed by atoms with van der Waals surface area (Å²) in [6.07, 6.45) is 1.69. The number of thioether (sulfide) groups is 1. The van der Waals surface area contributed by atoms with E-state index in [2.05, 4.69) is 18.5 Å². The molecule has 3 aromatic rings. The van der Waals surface area contributed by atoms with Gasteiger partial charge in [0, 0.05) is 48.5 Å². The number of carbonyl (C=O) groups excluding carboxylic acids is 1. The van der Waals surface area contributed by atoms with E-state index in [9.17, 15) is 9.59 Å². The predicted octanol–water partition coefficient (Wildman–Crippen LogP) is 3.24. The van der Waals surface area contributed by atoms with Gasteiger partial charge in [-0.3, -0.25) is 14.2 Å². The topological polar surface area (TPSA) is 58.4 Å². The fourth-order valence-electron chi connectivity index (χ4n) is 3.29. The van der Waals surface area contributed by atoms with E-state index in [4.69, 9.17) is 4.98 Å². The summed E-state index contributed by atoms with van der Waals surface area (Å²) in [6, 6.07) is 3.99. The van der Waals surface area contributed by atoms with Gasteiger partial charge in [-0.25, -0.2) is 4.98 Å². The number of carbonyl (C=O) groups is 1. The Morgan fingerprint density at radius 3 is 2.79 bits per heavy atom. The van der Waals surface area contributed by atoms with E-state index in [0.29, 0.717) is 21.9 Å². The smallest absolute Gasteiger partial charge is 0.263 e. The molecule has 0 unspecified atom stereocenters. The maximum Gasteiger partial charge on any atom is 0.263 e. The maximum absolute atomic E-state index is 13.3. The van der Waals surface area contributed by atoms with Crippen LogP contribution in [0, 0.1) is 0 Å². The van der Waals surface area contributed by atoms with Crippen LogP contribution in [0.2, 0.25) is 0 Å². The first kappa shape index (κ1) is 20.3. The maximum atomic E-state index is 13.3. The molecule has 3 aromatic heterocycles. The summed E-state index contributed by atoms with van der Waals surface area (Å²) in [5.74, 6) is 0.371. The van der Waals surface area contributed by atoms with Crippen LogP contribution in [0.5, 0.6) is 0 Å². The number of likely N-dealkylation sites (N-methyl/N-ethyl adjacent to an activating group) is 1. The molecule has 0 saturated carbocycles. The van der Waals surface area contributed by atoms with Crippen LogP contribution in [0.1, 0.15) is 0 Å². The predicted molar refractivity (Wildman–Crippen MR) is 122 cm³/mol. The number of allylic oxidation sites excluding steroid dienone is 1. The molecule has 0 bridgehead atoms. The molecule has 0 aromatic carbocycles. The Labute approximate surface area is 181 Å². The molecule has 1 aliphatic rings. The lowest BCUT2D eigenvalue weighted by Gasteiger charge is -2.32. The summed E-state index contributed by atoms with van der Waals surface area (Å²) >= 11 is 4.42. The summed E-state index contributed by atoms with van der Waals surface area (Å²) in [6.45, 7) is 7.43. The van der Waals surface area contributed by atoms with Crippen molar-refractivity contribution in [1.82, 2.24) is 19.4 Å². The molecule has 29 heavy (non-hydrogen) atoms. The van der Waals surface area contributed by atoms with Crippen LogP contribution in [0.25, 0.3) is 20.7 Å². The molecular weight excluding hydrogens is 424 g/mol. The molecule has 1 aliphatic heterocycles. The van der Waals surface area contributed by atoms with Crippen molar-refractivity contribution in [2.75, 3.05) is 39.0 Å². The molecule has 0 radical (unpaired) electrons. The SMILES string of the molecule is C=CCn1c(SCC(=O)N2CCN(C)CC2)nc2scc(-c3cccs3)c2c1=O. The zero-order chi connectivity index (χ0) is 20.4. The van der Waals surface area contributed by atoms with Crippen LogP contribution in [0.3, 0.4) is 0 Å². The number of thiophene rings is 2. The van der Waals surface area contributed by atoms with Gasteiger partial charge in [-0.2, -0.15) is 0 Å². The van der Waals surface area contributed by atoms with Gasteiger partial charge in [0.05, 0.1) is 11.1 Å². The molecule has 4 heterocycles. The Morgan fingerprint density at radius 2 is 2.10 bits per heavy atom. The third-order valence-electron chi connectivity index (χ3n) is 4.94. The van der Waals surface area contributed by atoms with Crippen molar-refractivity contribution in [3.63, 3.8) is 0 Å². The average molecular weight is 447 g/mol. The molecule has 0 atom stereocenters. The molecule has 9 heteroatoms. The highest BCUT2D eigenvalue weighted by Gasteiger charge is 2.21. The van der Waals surface area contributed by atoms with E-state index in [1.54, 1.807) is 22.0 Å². The minimum Gasteiger partial charge on any atom is -0.339 e. The molecule has 1 fully saturated rings. The van der Waals surface area contributed by atoms with Crippen molar-refractivity contribution >= 4 is 50.6 Å². The van der Waals surface area contributed by atoms with E-state index in [1.165, 1.54) is 23.1 Å². The summed E-state index contributed by atoms with van der Waals surface area (Å²) < 4.78 is 1.63. The number of nitrogens with zero attached hydrogens (tertiary/aromatic N) is 4. The third-order valence-corrected chi connectivity index (χ3v) is 7.67. The van der Waals surface area contributed by atoms with Crippen molar-refractivity contribution in [2.24, 2.45) is 0 Å². The van der Waals surface area contributed by atoms with Crippen molar-refractivity contribution in [3.8, 4) is 10.4 Å². The number of rotatable bonds is 6. The van der Waals surface area contributed by atoms with Gasteiger partial charge in [0.15, 0.2) is 5.16 Å². The van der Waals surface area contributed by atoms with E-state index >= 15 is 0 Å². The van der Waals surface area contributed by atoms with Gasteiger partial charge in [-0.1, -0.05) is 23.9 Å². The highest BCUT2D eigenvalue weighted by Crippen LogP contribution is 2.34. The number of amides is 1. The monoisotopic (exact) mass is 446 g/mol. The summed E-state index contributed by atoms with van der Waals surface area (Å²) in [4.78, 5) is 36.5. The van der Waals surface area contributed by atoms with Crippen LogP contribution in [-0.2, 0) is 11.3 Å². The Morgan fingerprint density at radius 1 is 1.31 bits per heavy atom. The lowest BCUT2D eigenvalue weighted by molar-refractivity contribution is -0.129. The fraction of sp³-hybridized carbons (Fsp3) is 0.350. The molecule has 4 rings (SSSR count). The molecule has 6 nitrogen and oxygen atoms in total. The summed E-state index contributed by atoms with van der Waals surface area (Å²) in [7, 11) is 2.06. The van der Waals surface area contributed by atoms with E-state index < -0.39 is 0 Å². The van der Waals surface area contributed by atoms with Crippen molar-refractivity contribution in [1.29, 1.82) is 0 Å². The first-order valence-electron chi connectivity index (χ1n) is 9.34. The van der Waals surface area contributed by atoms with Crippen molar-refractivity contribution in [3.05, 3.63) is 45.9 Å². The van der Waals surface area contributed by atoms with Gasteiger partial charge in [-0.05, 0) is 18.5 Å². The number of fused-ring (bicyclic) bond motifs is 1. The summed E-state index contributed by atoms with van der Waals surface area (Å²) in [5, 5.41) is 5.22. The third kappa shape index (κ3) is 4.18. The summed E-state index contributed by atoms with van der Waals surface area (Å²) in [5.41, 5.74) is 0.856. The molecule has 0 spiro atoms. The highest BCUT2D eigenvalue weighted by atomic mass is 32.2. The lowest BCUT2D eigenvalue weighted by Crippen LogP contribution is -2.47. The Bertz CT molecular complexity index is 1080. The van der Waals surface area contributed by atoms with Crippen LogP contribution < -0.4 is 5.56 Å². The largest absolute Gasteiger partial charge is 0.339 e. The van der Waals surface area contributed by atoms with Crippen LogP contribution >= 0.6 is 34.4 Å². The Kier molecular flexibility index (Phi) is 6.19. The second-order valence-electron chi connectivity index (χ2n) is 6.88. The first-order valence-corrected chi connectivity index (χ1v) is 12.1. The van der Waals surface area contributed by atoms with Crippen molar-refractivity contribution in [2.45, 2.75) is 11.7 Å². The van der Waals surface area contributed by atoms with Gasteiger partial charge in [0.2, 0.25) is 5.91 Å². The number of hydrogen-bond acceptors (Lipinski definition) is 7. The molecule has 1 amide bonds. The second kappa shape index (κ2) is 8.83. The minimum atomic E-state index is -0.0749. The van der Waals surface area contributed by atoms with E-state index in [1.807, 2.05) is 27.8 Å².